The summed E-state index contributed by atoms with van der Waals surface area (Å²) in [6.07, 6.45) is 1.49. The number of nitrogens with one attached hydrogen (secondary N) is 1. The predicted octanol–water partition coefficient (Wildman–Crippen LogP) is 1.83. The van der Waals surface area contributed by atoms with Gasteiger partial charge in [0.05, 0.1) is 4.90 Å². The molecule has 1 heterocycles. The van der Waals surface area contributed by atoms with E-state index in [1.807, 2.05) is 0 Å². The van der Waals surface area contributed by atoms with Gasteiger partial charge in [-0.15, -0.1) is 0 Å². The van der Waals surface area contributed by atoms with E-state index in [1.165, 1.54) is 12.3 Å². The van der Waals surface area contributed by atoms with E-state index in [4.69, 9.17) is 16.7 Å². The third kappa shape index (κ3) is 3.40. The van der Waals surface area contributed by atoms with Crippen molar-refractivity contribution in [1.29, 1.82) is 0 Å². The van der Waals surface area contributed by atoms with Crippen molar-refractivity contribution in [1.82, 2.24) is 9.97 Å². The molecule has 0 aliphatic rings. The van der Waals surface area contributed by atoms with Gasteiger partial charge < -0.3 is 5.32 Å². The highest BCUT2D eigenvalue weighted by Gasteiger charge is 2.12. The molecule has 19 heavy (non-hydrogen) atoms. The van der Waals surface area contributed by atoms with Gasteiger partial charge in [-0.1, -0.05) is 6.07 Å². The Kier molecular flexibility index (Phi) is 3.70. The molecule has 0 saturated heterocycles. The molecule has 0 aliphatic heterocycles. The molecular weight excluding hydrogens is 288 g/mol. The third-order valence-corrected chi connectivity index (χ3v) is 3.63. The molecule has 0 fully saturated rings. The van der Waals surface area contributed by atoms with Gasteiger partial charge in [0, 0.05) is 11.9 Å². The van der Waals surface area contributed by atoms with Crippen LogP contribution in [0.5, 0.6) is 0 Å². The SMILES string of the molecule is Cc1ccc(Nc2ccnc(Cl)n2)cc1S(N)(=O)=O. The first-order valence-electron chi connectivity index (χ1n) is 5.25. The van der Waals surface area contributed by atoms with Gasteiger partial charge in [0.1, 0.15) is 5.82 Å². The molecular formula is C11H11ClN4O2S. The summed E-state index contributed by atoms with van der Waals surface area (Å²) >= 11 is 5.66. The summed E-state index contributed by atoms with van der Waals surface area (Å²) in [7, 11) is -3.76. The fraction of sp³-hybridized carbons (Fsp3) is 0.0909. The Morgan fingerprint density at radius 2 is 2.05 bits per heavy atom. The van der Waals surface area contributed by atoms with E-state index in [0.29, 0.717) is 17.1 Å². The van der Waals surface area contributed by atoms with Crippen LogP contribution in [0.25, 0.3) is 0 Å². The summed E-state index contributed by atoms with van der Waals surface area (Å²) in [5, 5.41) is 8.17. The number of aryl methyl sites for hydroxylation is 1. The Morgan fingerprint density at radius 1 is 1.32 bits per heavy atom. The van der Waals surface area contributed by atoms with Gasteiger partial charge in [0.25, 0.3) is 0 Å². The van der Waals surface area contributed by atoms with Crippen molar-refractivity contribution < 1.29 is 8.42 Å². The van der Waals surface area contributed by atoms with E-state index in [2.05, 4.69) is 15.3 Å². The normalized spacial score (nSPS) is 11.3. The second-order valence-electron chi connectivity index (χ2n) is 3.86. The lowest BCUT2D eigenvalue weighted by molar-refractivity contribution is 0.597. The molecule has 0 bridgehead atoms. The van der Waals surface area contributed by atoms with Crippen LogP contribution in [0.1, 0.15) is 5.56 Å². The maximum absolute atomic E-state index is 11.4. The first kappa shape index (κ1) is 13.7. The predicted molar refractivity (Wildman–Crippen MR) is 72.9 cm³/mol. The standard InChI is InChI=1S/C11H11ClN4O2S/c1-7-2-3-8(6-9(7)19(13,17)18)15-10-4-5-14-11(12)16-10/h2-6H,1H3,(H2,13,17,18)(H,14,15,16). The number of hydrogen-bond acceptors (Lipinski definition) is 5. The Morgan fingerprint density at radius 3 is 2.68 bits per heavy atom. The van der Waals surface area contributed by atoms with Gasteiger partial charge in [0.2, 0.25) is 15.3 Å². The molecule has 6 nitrogen and oxygen atoms in total. The zero-order valence-electron chi connectivity index (χ0n) is 9.96. The third-order valence-electron chi connectivity index (χ3n) is 2.39. The molecule has 3 N–H and O–H groups in total. The topological polar surface area (TPSA) is 98.0 Å². The van der Waals surface area contributed by atoms with E-state index in [-0.39, 0.29) is 10.2 Å². The van der Waals surface area contributed by atoms with Crippen molar-refractivity contribution in [3.05, 3.63) is 41.3 Å². The minimum atomic E-state index is -3.76. The number of nitrogens with two attached hydrogens (primary N) is 1. The summed E-state index contributed by atoms with van der Waals surface area (Å²) in [6.45, 7) is 1.67. The molecule has 2 aromatic rings. The number of sulfonamides is 1. The Bertz CT molecular complexity index is 718. The van der Waals surface area contributed by atoms with Crippen LogP contribution < -0.4 is 10.5 Å². The van der Waals surface area contributed by atoms with Crippen LogP contribution >= 0.6 is 11.6 Å². The summed E-state index contributed by atoms with van der Waals surface area (Å²) in [5.74, 6) is 0.462. The first-order valence-corrected chi connectivity index (χ1v) is 7.18. The molecule has 0 saturated carbocycles. The number of hydrogen-bond donors (Lipinski definition) is 2. The van der Waals surface area contributed by atoms with Gasteiger partial charge in [-0.05, 0) is 42.3 Å². The van der Waals surface area contributed by atoms with E-state index >= 15 is 0 Å². The van der Waals surface area contributed by atoms with Crippen LogP contribution in [0, 0.1) is 6.92 Å². The number of rotatable bonds is 3. The quantitative estimate of drug-likeness (QED) is 0.842. The molecule has 0 unspecified atom stereocenters. The highest BCUT2D eigenvalue weighted by molar-refractivity contribution is 7.89. The van der Waals surface area contributed by atoms with Crippen molar-refractivity contribution in [2.45, 2.75) is 11.8 Å². The largest absolute Gasteiger partial charge is 0.340 e. The maximum atomic E-state index is 11.4. The fourth-order valence-corrected chi connectivity index (χ4v) is 2.49. The maximum Gasteiger partial charge on any atom is 0.238 e. The second kappa shape index (κ2) is 5.12. The summed E-state index contributed by atoms with van der Waals surface area (Å²) in [4.78, 5) is 7.76. The van der Waals surface area contributed by atoms with Gasteiger partial charge in [-0.2, -0.15) is 0 Å². The number of aromatic nitrogens is 2. The zero-order chi connectivity index (χ0) is 14.0. The molecule has 0 amide bonds. The highest BCUT2D eigenvalue weighted by Crippen LogP contribution is 2.21. The van der Waals surface area contributed by atoms with Crippen LogP contribution in [0.15, 0.2) is 35.4 Å². The fourth-order valence-electron chi connectivity index (χ4n) is 1.54. The van der Waals surface area contributed by atoms with Gasteiger partial charge in [0.15, 0.2) is 0 Å². The second-order valence-corrected chi connectivity index (χ2v) is 5.73. The van der Waals surface area contributed by atoms with Crippen molar-refractivity contribution >= 4 is 33.1 Å². The zero-order valence-corrected chi connectivity index (χ0v) is 11.5. The Hall–Kier alpha value is -1.70. The average Bonchev–Trinajstić information content (AvgIpc) is 2.30. The van der Waals surface area contributed by atoms with E-state index in [1.54, 1.807) is 25.1 Å². The van der Waals surface area contributed by atoms with Gasteiger partial charge >= 0.3 is 0 Å². The lowest BCUT2D eigenvalue weighted by Crippen LogP contribution is -2.13. The van der Waals surface area contributed by atoms with E-state index in [9.17, 15) is 8.42 Å². The molecule has 8 heteroatoms. The lowest BCUT2D eigenvalue weighted by Gasteiger charge is -2.09. The molecule has 0 spiro atoms. The first-order chi connectivity index (χ1) is 8.86. The molecule has 1 aromatic carbocycles. The molecule has 0 atom stereocenters. The van der Waals surface area contributed by atoms with Gasteiger partial charge in [-0.3, -0.25) is 0 Å². The number of anilines is 2. The smallest absolute Gasteiger partial charge is 0.238 e. The monoisotopic (exact) mass is 298 g/mol. The average molecular weight is 299 g/mol. The van der Waals surface area contributed by atoms with Crippen LogP contribution in [0.4, 0.5) is 11.5 Å². The number of benzene rings is 1. The van der Waals surface area contributed by atoms with E-state index in [0.717, 1.165) is 0 Å². The molecule has 100 valence electrons. The highest BCUT2D eigenvalue weighted by atomic mass is 35.5. The number of halogens is 1. The Labute approximate surface area is 115 Å². The van der Waals surface area contributed by atoms with E-state index < -0.39 is 10.0 Å². The van der Waals surface area contributed by atoms with Crippen LogP contribution in [0.2, 0.25) is 5.28 Å². The van der Waals surface area contributed by atoms with Crippen molar-refractivity contribution in [2.24, 2.45) is 5.14 Å². The van der Waals surface area contributed by atoms with Crippen molar-refractivity contribution in [3.8, 4) is 0 Å². The van der Waals surface area contributed by atoms with Gasteiger partial charge in [-0.25, -0.2) is 23.5 Å². The van der Waals surface area contributed by atoms with Crippen molar-refractivity contribution in [3.63, 3.8) is 0 Å². The van der Waals surface area contributed by atoms with Crippen molar-refractivity contribution in [2.75, 3.05) is 5.32 Å². The minimum absolute atomic E-state index is 0.0673. The van der Waals surface area contributed by atoms with Crippen LogP contribution in [-0.2, 0) is 10.0 Å². The van der Waals surface area contributed by atoms with Crippen LogP contribution in [-0.4, -0.2) is 18.4 Å². The molecule has 1 aromatic heterocycles. The summed E-state index contributed by atoms with van der Waals surface area (Å²) < 4.78 is 22.8. The number of nitrogens with zero attached hydrogens (tertiary/aromatic N) is 2. The molecule has 0 aliphatic carbocycles. The lowest BCUT2D eigenvalue weighted by atomic mass is 10.2. The summed E-state index contributed by atoms with van der Waals surface area (Å²) in [6, 6.07) is 6.44. The molecule has 2 rings (SSSR count). The van der Waals surface area contributed by atoms with Crippen LogP contribution in [0.3, 0.4) is 0 Å². The molecule has 0 radical (unpaired) electrons. The minimum Gasteiger partial charge on any atom is -0.340 e. The number of primary sulfonamides is 1. The summed E-state index contributed by atoms with van der Waals surface area (Å²) in [5.41, 5.74) is 1.12. The Balaban J connectivity index is 2.37.